The normalized spacial score (nSPS) is 11.2. The van der Waals surface area contributed by atoms with E-state index in [1.54, 1.807) is 0 Å². The largest absolute Gasteiger partial charge is 0.350 e. The Morgan fingerprint density at radius 3 is 2.70 bits per heavy atom. The molecule has 0 unspecified atom stereocenters. The third kappa shape index (κ3) is 1.75. The Labute approximate surface area is 116 Å². The lowest BCUT2D eigenvalue weighted by Crippen LogP contribution is -2.23. The SMILES string of the molecule is Cn1nc2c(=O)n(-c3ccc(F)c(Cl)c3)ccn2c1=O. The Morgan fingerprint density at radius 1 is 1.25 bits per heavy atom. The zero-order valence-corrected chi connectivity index (χ0v) is 11.0. The average Bonchev–Trinajstić information content (AvgIpc) is 2.71. The molecule has 0 fully saturated rings. The molecule has 0 saturated heterocycles. The smallest absolute Gasteiger partial charge is 0.280 e. The number of benzene rings is 1. The summed E-state index contributed by atoms with van der Waals surface area (Å²) in [6.45, 7) is 0. The van der Waals surface area contributed by atoms with Crippen molar-refractivity contribution in [1.29, 1.82) is 0 Å². The summed E-state index contributed by atoms with van der Waals surface area (Å²) in [4.78, 5) is 24.0. The fraction of sp³-hybridized carbons (Fsp3) is 0.0833. The van der Waals surface area contributed by atoms with Gasteiger partial charge in [0.1, 0.15) is 5.82 Å². The van der Waals surface area contributed by atoms with Crippen LogP contribution < -0.4 is 11.2 Å². The third-order valence-corrected chi connectivity index (χ3v) is 3.20. The van der Waals surface area contributed by atoms with Crippen molar-refractivity contribution in [3.8, 4) is 5.69 Å². The molecule has 0 aliphatic carbocycles. The molecular formula is C12H8ClFN4O2. The summed E-state index contributed by atoms with van der Waals surface area (Å²) in [6.07, 6.45) is 2.82. The summed E-state index contributed by atoms with van der Waals surface area (Å²) < 4.78 is 16.6. The van der Waals surface area contributed by atoms with Crippen molar-refractivity contribution in [3.63, 3.8) is 0 Å². The van der Waals surface area contributed by atoms with E-state index in [-0.39, 0.29) is 10.7 Å². The van der Waals surface area contributed by atoms with Gasteiger partial charge < -0.3 is 0 Å². The molecule has 6 nitrogen and oxygen atoms in total. The number of halogens is 2. The Balaban J connectivity index is 2.32. The minimum atomic E-state index is -0.571. The molecule has 0 aliphatic rings. The van der Waals surface area contributed by atoms with Gasteiger partial charge in [0.25, 0.3) is 0 Å². The van der Waals surface area contributed by atoms with Crippen LogP contribution in [0.25, 0.3) is 11.3 Å². The fourth-order valence-corrected chi connectivity index (χ4v) is 2.08. The second-order valence-corrected chi connectivity index (χ2v) is 4.58. The second kappa shape index (κ2) is 4.31. The molecule has 0 saturated carbocycles. The van der Waals surface area contributed by atoms with Crippen LogP contribution in [0.4, 0.5) is 4.39 Å². The van der Waals surface area contributed by atoms with E-state index in [2.05, 4.69) is 5.10 Å². The molecule has 3 rings (SSSR count). The van der Waals surface area contributed by atoms with Crippen LogP contribution in [0.2, 0.25) is 5.02 Å². The summed E-state index contributed by atoms with van der Waals surface area (Å²) >= 11 is 5.70. The van der Waals surface area contributed by atoms with Gasteiger partial charge in [-0.1, -0.05) is 11.6 Å². The standard InChI is InChI=1S/C12H8ClFN4O2/c1-16-12(20)18-5-4-17(11(19)10(18)15-16)7-2-3-9(14)8(13)6-7/h2-6H,1H3. The number of hydrogen-bond donors (Lipinski definition) is 0. The van der Waals surface area contributed by atoms with Gasteiger partial charge in [0.2, 0.25) is 5.65 Å². The van der Waals surface area contributed by atoms with Crippen LogP contribution in [0.3, 0.4) is 0 Å². The zero-order valence-electron chi connectivity index (χ0n) is 10.2. The molecule has 8 heteroatoms. The van der Waals surface area contributed by atoms with Crippen molar-refractivity contribution in [3.05, 3.63) is 62.3 Å². The number of fused-ring (bicyclic) bond motifs is 1. The predicted molar refractivity (Wildman–Crippen MR) is 71.0 cm³/mol. The van der Waals surface area contributed by atoms with E-state index in [9.17, 15) is 14.0 Å². The number of hydrogen-bond acceptors (Lipinski definition) is 3. The fourth-order valence-electron chi connectivity index (χ4n) is 1.91. The third-order valence-electron chi connectivity index (χ3n) is 2.91. The van der Waals surface area contributed by atoms with Crippen LogP contribution in [-0.4, -0.2) is 18.7 Å². The number of rotatable bonds is 1. The van der Waals surface area contributed by atoms with Crippen LogP contribution in [0, 0.1) is 5.82 Å². The zero-order chi connectivity index (χ0) is 14.4. The Morgan fingerprint density at radius 2 is 2.00 bits per heavy atom. The van der Waals surface area contributed by atoms with Crippen molar-refractivity contribution < 1.29 is 4.39 Å². The van der Waals surface area contributed by atoms with Crippen LogP contribution in [0.5, 0.6) is 0 Å². The van der Waals surface area contributed by atoms with Crippen LogP contribution in [0.1, 0.15) is 0 Å². The summed E-state index contributed by atoms with van der Waals surface area (Å²) in [7, 11) is 1.45. The Bertz CT molecular complexity index is 941. The molecule has 1 aromatic carbocycles. The molecule has 102 valence electrons. The molecule has 0 aliphatic heterocycles. The molecule has 2 aromatic heterocycles. The summed E-state index contributed by atoms with van der Waals surface area (Å²) in [6, 6.07) is 3.91. The molecule has 2 heterocycles. The quantitative estimate of drug-likeness (QED) is 0.672. The van der Waals surface area contributed by atoms with Crippen molar-refractivity contribution >= 4 is 17.2 Å². The lowest BCUT2D eigenvalue weighted by molar-refractivity contribution is 0.627. The van der Waals surface area contributed by atoms with E-state index in [0.717, 1.165) is 9.08 Å². The van der Waals surface area contributed by atoms with E-state index in [1.165, 1.54) is 42.2 Å². The summed E-state index contributed by atoms with van der Waals surface area (Å²) in [5.41, 5.74) is -0.531. The van der Waals surface area contributed by atoms with E-state index >= 15 is 0 Å². The lowest BCUT2D eigenvalue weighted by atomic mass is 10.3. The van der Waals surface area contributed by atoms with Gasteiger partial charge in [-0.2, -0.15) is 0 Å². The van der Waals surface area contributed by atoms with E-state index in [0.29, 0.717) is 5.69 Å². The van der Waals surface area contributed by atoms with Crippen molar-refractivity contribution in [2.75, 3.05) is 0 Å². The number of aryl methyl sites for hydroxylation is 1. The first-order valence-corrected chi connectivity index (χ1v) is 5.99. The number of aromatic nitrogens is 4. The first kappa shape index (κ1) is 12.6. The van der Waals surface area contributed by atoms with Gasteiger partial charge in [-0.25, -0.2) is 18.3 Å². The molecule has 0 spiro atoms. The van der Waals surface area contributed by atoms with Gasteiger partial charge in [-0.15, -0.1) is 5.10 Å². The van der Waals surface area contributed by atoms with Crippen LogP contribution in [-0.2, 0) is 7.05 Å². The van der Waals surface area contributed by atoms with Gasteiger partial charge >= 0.3 is 11.2 Å². The minimum Gasteiger partial charge on any atom is -0.280 e. The van der Waals surface area contributed by atoms with Crippen LogP contribution >= 0.6 is 11.6 Å². The van der Waals surface area contributed by atoms with E-state index in [1.807, 2.05) is 0 Å². The summed E-state index contributed by atoms with van der Waals surface area (Å²) in [5.74, 6) is -0.571. The maximum absolute atomic E-state index is 13.1. The van der Waals surface area contributed by atoms with Gasteiger partial charge in [-0.05, 0) is 18.2 Å². The van der Waals surface area contributed by atoms with E-state index in [4.69, 9.17) is 11.6 Å². The van der Waals surface area contributed by atoms with Gasteiger partial charge in [0.15, 0.2) is 0 Å². The van der Waals surface area contributed by atoms with Crippen molar-refractivity contribution in [1.82, 2.24) is 18.7 Å². The molecule has 0 atom stereocenters. The highest BCUT2D eigenvalue weighted by atomic mass is 35.5. The highest BCUT2D eigenvalue weighted by molar-refractivity contribution is 6.30. The van der Waals surface area contributed by atoms with Gasteiger partial charge in [0.05, 0.1) is 10.7 Å². The first-order valence-electron chi connectivity index (χ1n) is 5.61. The predicted octanol–water partition coefficient (Wildman–Crippen LogP) is 0.976. The van der Waals surface area contributed by atoms with Crippen molar-refractivity contribution in [2.45, 2.75) is 0 Å². The Hall–Kier alpha value is -2.41. The molecule has 20 heavy (non-hydrogen) atoms. The van der Waals surface area contributed by atoms with Crippen LogP contribution in [0.15, 0.2) is 40.2 Å². The maximum Gasteiger partial charge on any atom is 0.350 e. The Kier molecular flexibility index (Phi) is 2.72. The second-order valence-electron chi connectivity index (χ2n) is 4.17. The molecule has 0 radical (unpaired) electrons. The topological polar surface area (TPSA) is 61.3 Å². The monoisotopic (exact) mass is 294 g/mol. The molecule has 0 N–H and O–H groups in total. The molecule has 0 bridgehead atoms. The average molecular weight is 295 g/mol. The van der Waals surface area contributed by atoms with Gasteiger partial charge in [0, 0.05) is 19.4 Å². The minimum absolute atomic E-state index is 0.0135. The van der Waals surface area contributed by atoms with Crippen molar-refractivity contribution in [2.24, 2.45) is 7.05 Å². The molecule has 0 amide bonds. The highest BCUT2D eigenvalue weighted by Gasteiger charge is 2.11. The summed E-state index contributed by atoms with van der Waals surface area (Å²) in [5, 5.41) is 3.77. The van der Waals surface area contributed by atoms with Gasteiger partial charge in [-0.3, -0.25) is 9.36 Å². The van der Waals surface area contributed by atoms with E-state index < -0.39 is 17.1 Å². The number of nitrogens with zero attached hydrogens (tertiary/aromatic N) is 4. The molecule has 3 aromatic rings. The highest BCUT2D eigenvalue weighted by Crippen LogP contribution is 2.17. The maximum atomic E-state index is 13.1. The molecular weight excluding hydrogens is 287 g/mol. The first-order chi connectivity index (χ1) is 9.49. The lowest BCUT2D eigenvalue weighted by Gasteiger charge is -2.06.